The van der Waals surface area contributed by atoms with E-state index in [2.05, 4.69) is 35.2 Å². The van der Waals surface area contributed by atoms with Gasteiger partial charge in [0.25, 0.3) is 0 Å². The van der Waals surface area contributed by atoms with E-state index in [1.54, 1.807) is 18.2 Å². The molecule has 0 aliphatic carbocycles. The Morgan fingerprint density at radius 2 is 1.75 bits per heavy atom. The lowest BCUT2D eigenvalue weighted by Crippen LogP contribution is -2.36. The summed E-state index contributed by atoms with van der Waals surface area (Å²) >= 11 is 0. The van der Waals surface area contributed by atoms with E-state index in [0.29, 0.717) is 6.61 Å². The van der Waals surface area contributed by atoms with Crippen LogP contribution in [0.25, 0.3) is 0 Å². The summed E-state index contributed by atoms with van der Waals surface area (Å²) in [5.41, 5.74) is 1.46. The summed E-state index contributed by atoms with van der Waals surface area (Å²) in [6.07, 6.45) is 3.73. The van der Waals surface area contributed by atoms with Crippen LogP contribution in [0.4, 0.5) is 0 Å². The lowest BCUT2D eigenvalue weighted by atomic mass is 9.90. The summed E-state index contributed by atoms with van der Waals surface area (Å²) in [5.74, 6) is 1.80. The summed E-state index contributed by atoms with van der Waals surface area (Å²) in [5, 5.41) is 9.42. The second-order valence-corrected chi connectivity index (χ2v) is 6.32. The largest absolute Gasteiger partial charge is 0.508 e. The molecule has 130 valence electrons. The van der Waals surface area contributed by atoms with E-state index >= 15 is 0 Å². The molecule has 24 heavy (non-hydrogen) atoms. The Balaban J connectivity index is 0.00000208. The summed E-state index contributed by atoms with van der Waals surface area (Å²) in [6, 6.07) is 17.8. The second kappa shape index (κ2) is 9.55. The highest BCUT2D eigenvalue weighted by Gasteiger charge is 2.19. The number of benzene rings is 2. The molecule has 3 rings (SSSR count). The maximum atomic E-state index is 9.42. The summed E-state index contributed by atoms with van der Waals surface area (Å²) in [7, 11) is 0. The highest BCUT2D eigenvalue weighted by molar-refractivity contribution is 5.85. The highest BCUT2D eigenvalue weighted by atomic mass is 35.5. The van der Waals surface area contributed by atoms with Gasteiger partial charge in [-0.1, -0.05) is 36.4 Å². The van der Waals surface area contributed by atoms with E-state index in [1.165, 1.54) is 24.8 Å². The van der Waals surface area contributed by atoms with Crippen molar-refractivity contribution in [3.05, 3.63) is 60.2 Å². The van der Waals surface area contributed by atoms with E-state index < -0.39 is 0 Å². The molecule has 3 nitrogen and oxygen atoms in total. The zero-order valence-electron chi connectivity index (χ0n) is 13.9. The van der Waals surface area contributed by atoms with Gasteiger partial charge in [-0.15, -0.1) is 12.4 Å². The Bertz CT molecular complexity index is 598. The molecule has 1 fully saturated rings. The van der Waals surface area contributed by atoms with Gasteiger partial charge >= 0.3 is 0 Å². The van der Waals surface area contributed by atoms with Gasteiger partial charge in [0.15, 0.2) is 0 Å². The fourth-order valence-corrected chi connectivity index (χ4v) is 3.23. The van der Waals surface area contributed by atoms with Crippen LogP contribution in [0.3, 0.4) is 0 Å². The second-order valence-electron chi connectivity index (χ2n) is 6.32. The molecule has 2 aromatic carbocycles. The number of phenols is 1. The van der Waals surface area contributed by atoms with Gasteiger partial charge in [0.05, 0.1) is 0 Å². The highest BCUT2D eigenvalue weighted by Crippen LogP contribution is 2.22. The van der Waals surface area contributed by atoms with E-state index in [-0.39, 0.29) is 18.2 Å². The normalized spacial score (nSPS) is 15.7. The lowest BCUT2D eigenvalue weighted by Gasteiger charge is -2.31. The fraction of sp³-hybridized carbons (Fsp3) is 0.400. The predicted octanol–water partition coefficient (Wildman–Crippen LogP) is 4.15. The van der Waals surface area contributed by atoms with Gasteiger partial charge in [0, 0.05) is 12.6 Å². The number of ether oxygens (including phenoxy) is 1. The molecular weight excluding hydrogens is 322 g/mol. The first-order valence-corrected chi connectivity index (χ1v) is 8.48. The molecule has 2 aromatic rings. The molecule has 1 saturated heterocycles. The molecule has 4 heteroatoms. The zero-order valence-corrected chi connectivity index (χ0v) is 14.8. The van der Waals surface area contributed by atoms with Crippen LogP contribution in [0.2, 0.25) is 0 Å². The van der Waals surface area contributed by atoms with Crippen molar-refractivity contribution in [2.75, 3.05) is 26.2 Å². The first kappa shape index (κ1) is 18.6. The molecule has 0 spiro atoms. The average Bonchev–Trinajstić information content (AvgIpc) is 2.58. The van der Waals surface area contributed by atoms with Crippen molar-refractivity contribution in [1.29, 1.82) is 0 Å². The van der Waals surface area contributed by atoms with Crippen LogP contribution >= 0.6 is 12.4 Å². The third-order valence-corrected chi connectivity index (χ3v) is 4.57. The number of likely N-dealkylation sites (tertiary alicyclic amines) is 1. The molecule has 1 N–H and O–H groups in total. The topological polar surface area (TPSA) is 32.7 Å². The number of nitrogens with zero attached hydrogens (tertiary/aromatic N) is 1. The molecule has 1 aliphatic rings. The van der Waals surface area contributed by atoms with Gasteiger partial charge in [-0.2, -0.15) is 0 Å². The average molecular weight is 348 g/mol. The van der Waals surface area contributed by atoms with Gasteiger partial charge in [-0.3, -0.25) is 4.90 Å². The van der Waals surface area contributed by atoms with Crippen molar-refractivity contribution in [2.24, 2.45) is 5.92 Å². The molecule has 0 radical (unpaired) electrons. The van der Waals surface area contributed by atoms with E-state index in [4.69, 9.17) is 4.74 Å². The zero-order chi connectivity index (χ0) is 15.9. The minimum Gasteiger partial charge on any atom is -0.508 e. The van der Waals surface area contributed by atoms with Crippen LogP contribution in [-0.2, 0) is 6.42 Å². The Kier molecular flexibility index (Phi) is 7.41. The van der Waals surface area contributed by atoms with Crippen LogP contribution in [0, 0.1) is 5.92 Å². The quantitative estimate of drug-likeness (QED) is 0.852. The first-order valence-electron chi connectivity index (χ1n) is 8.48. The van der Waals surface area contributed by atoms with Crippen molar-refractivity contribution < 1.29 is 9.84 Å². The summed E-state index contributed by atoms with van der Waals surface area (Å²) in [6.45, 7) is 3.93. The van der Waals surface area contributed by atoms with Crippen LogP contribution < -0.4 is 4.74 Å². The Labute approximate surface area is 150 Å². The van der Waals surface area contributed by atoms with Gasteiger partial charge in [0.2, 0.25) is 0 Å². The smallest absolute Gasteiger partial charge is 0.123 e. The molecule has 0 amide bonds. The standard InChI is InChI=1S/C20H25NO2.ClH/c22-19-7-4-8-20(16-19)23-14-13-21-11-9-18(10-12-21)15-17-5-2-1-3-6-17;/h1-8,16,18,22H,9-15H2;1H. The maximum absolute atomic E-state index is 9.42. The first-order chi connectivity index (χ1) is 11.3. The van der Waals surface area contributed by atoms with Crippen molar-refractivity contribution in [3.8, 4) is 11.5 Å². The number of aromatic hydroxyl groups is 1. The van der Waals surface area contributed by atoms with Gasteiger partial charge in [-0.25, -0.2) is 0 Å². The minimum absolute atomic E-state index is 0. The van der Waals surface area contributed by atoms with Gasteiger partial charge < -0.3 is 9.84 Å². The number of hydrogen-bond acceptors (Lipinski definition) is 3. The van der Waals surface area contributed by atoms with Crippen molar-refractivity contribution in [1.82, 2.24) is 4.90 Å². The number of phenolic OH excluding ortho intramolecular Hbond substituents is 1. The molecule has 0 saturated carbocycles. The van der Waals surface area contributed by atoms with Crippen LogP contribution in [0.1, 0.15) is 18.4 Å². The van der Waals surface area contributed by atoms with Crippen molar-refractivity contribution >= 4 is 12.4 Å². The van der Waals surface area contributed by atoms with Crippen LogP contribution in [0.15, 0.2) is 54.6 Å². The van der Waals surface area contributed by atoms with Crippen LogP contribution in [-0.4, -0.2) is 36.2 Å². The molecule has 1 heterocycles. The van der Waals surface area contributed by atoms with Gasteiger partial charge in [0.1, 0.15) is 18.1 Å². The fourth-order valence-electron chi connectivity index (χ4n) is 3.23. The maximum Gasteiger partial charge on any atom is 0.123 e. The van der Waals surface area contributed by atoms with Crippen molar-refractivity contribution in [3.63, 3.8) is 0 Å². The van der Waals surface area contributed by atoms with E-state index in [9.17, 15) is 5.11 Å². The Morgan fingerprint density at radius 1 is 1.00 bits per heavy atom. The van der Waals surface area contributed by atoms with Crippen molar-refractivity contribution in [2.45, 2.75) is 19.3 Å². The third-order valence-electron chi connectivity index (χ3n) is 4.57. The predicted molar refractivity (Wildman–Crippen MR) is 100 cm³/mol. The molecule has 1 aliphatic heterocycles. The Hall–Kier alpha value is -1.71. The third kappa shape index (κ3) is 5.73. The SMILES string of the molecule is Cl.Oc1cccc(OCCN2CCC(Cc3ccccc3)CC2)c1. The van der Waals surface area contributed by atoms with E-state index in [1.807, 2.05) is 6.07 Å². The summed E-state index contributed by atoms with van der Waals surface area (Å²) in [4.78, 5) is 2.48. The molecule has 0 aromatic heterocycles. The molecular formula is C20H26ClNO2. The summed E-state index contributed by atoms with van der Waals surface area (Å²) < 4.78 is 5.71. The molecule has 0 atom stereocenters. The molecule has 0 unspecified atom stereocenters. The van der Waals surface area contributed by atoms with Crippen LogP contribution in [0.5, 0.6) is 11.5 Å². The lowest BCUT2D eigenvalue weighted by molar-refractivity contribution is 0.154. The monoisotopic (exact) mass is 347 g/mol. The van der Waals surface area contributed by atoms with Gasteiger partial charge in [-0.05, 0) is 56.0 Å². The number of halogens is 1. The number of rotatable bonds is 6. The van der Waals surface area contributed by atoms with E-state index in [0.717, 1.165) is 31.3 Å². The number of piperidine rings is 1. The minimum atomic E-state index is 0. The number of hydrogen-bond donors (Lipinski definition) is 1. The molecule has 0 bridgehead atoms. The Morgan fingerprint density at radius 3 is 2.46 bits per heavy atom.